The third-order valence-corrected chi connectivity index (χ3v) is 3.62. The number of hydrogen-bond acceptors (Lipinski definition) is 4. The fourth-order valence-corrected chi connectivity index (χ4v) is 2.40. The Kier molecular flexibility index (Phi) is 5.03. The van der Waals surface area contributed by atoms with E-state index in [2.05, 4.69) is 15.9 Å². The Morgan fingerprint density at radius 1 is 1.29 bits per heavy atom. The van der Waals surface area contributed by atoms with Crippen molar-refractivity contribution < 1.29 is 14.4 Å². The van der Waals surface area contributed by atoms with Crippen LogP contribution in [-0.2, 0) is 6.61 Å². The Hall–Kier alpha value is -1.79. The van der Waals surface area contributed by atoms with Gasteiger partial charge in [-0.1, -0.05) is 11.6 Å². The molecule has 0 heterocycles. The maximum atomic E-state index is 11.0. The average Bonchev–Trinajstić information content (AvgIpc) is 2.45. The zero-order chi connectivity index (χ0) is 15.4. The second-order valence-corrected chi connectivity index (χ2v) is 5.41. The van der Waals surface area contributed by atoms with Gasteiger partial charge in [0.1, 0.15) is 18.1 Å². The first kappa shape index (κ1) is 15.6. The molecule has 0 aliphatic heterocycles. The molecule has 0 atom stereocenters. The molecule has 2 aromatic rings. The third-order valence-electron chi connectivity index (χ3n) is 2.76. The van der Waals surface area contributed by atoms with Gasteiger partial charge < -0.3 is 9.47 Å². The van der Waals surface area contributed by atoms with Crippen LogP contribution in [0.15, 0.2) is 40.9 Å². The van der Waals surface area contributed by atoms with Gasteiger partial charge in [0.15, 0.2) is 0 Å². The van der Waals surface area contributed by atoms with Crippen LogP contribution in [0.2, 0.25) is 5.02 Å². The fraction of sp³-hybridized carbons (Fsp3) is 0.143. The van der Waals surface area contributed by atoms with Crippen molar-refractivity contribution in [2.45, 2.75) is 6.61 Å². The minimum absolute atomic E-state index is 0.0240. The van der Waals surface area contributed by atoms with Crippen LogP contribution >= 0.6 is 27.5 Å². The normalized spacial score (nSPS) is 10.2. The second kappa shape index (κ2) is 6.78. The predicted molar refractivity (Wildman–Crippen MR) is 83.1 cm³/mol. The highest BCUT2D eigenvalue weighted by Crippen LogP contribution is 2.31. The number of hydrogen-bond donors (Lipinski definition) is 0. The second-order valence-electron chi connectivity index (χ2n) is 4.12. The van der Waals surface area contributed by atoms with Crippen LogP contribution in [0, 0.1) is 10.1 Å². The molecule has 0 bridgehead atoms. The van der Waals surface area contributed by atoms with Gasteiger partial charge >= 0.3 is 0 Å². The molecule has 0 radical (unpaired) electrons. The molecule has 2 aromatic carbocycles. The van der Waals surface area contributed by atoms with Crippen LogP contribution in [0.5, 0.6) is 11.5 Å². The van der Waals surface area contributed by atoms with Crippen LogP contribution in [0.3, 0.4) is 0 Å². The van der Waals surface area contributed by atoms with E-state index >= 15 is 0 Å². The maximum absolute atomic E-state index is 11.0. The molecule has 0 aliphatic rings. The number of rotatable bonds is 5. The topological polar surface area (TPSA) is 61.6 Å². The highest BCUT2D eigenvalue weighted by molar-refractivity contribution is 9.10. The number of nitrogens with zero attached hydrogens (tertiary/aromatic N) is 1. The van der Waals surface area contributed by atoms with E-state index in [9.17, 15) is 10.1 Å². The minimum atomic E-state index is -0.460. The average molecular weight is 373 g/mol. The first-order valence-corrected chi connectivity index (χ1v) is 7.07. The summed E-state index contributed by atoms with van der Waals surface area (Å²) in [5.41, 5.74) is 0.388. The summed E-state index contributed by atoms with van der Waals surface area (Å²) >= 11 is 9.23. The molecule has 0 fully saturated rings. The number of halogens is 2. The third kappa shape index (κ3) is 3.86. The molecule has 21 heavy (non-hydrogen) atoms. The number of benzene rings is 2. The van der Waals surface area contributed by atoms with Crippen molar-refractivity contribution in [1.29, 1.82) is 0 Å². The quantitative estimate of drug-likeness (QED) is 0.568. The Morgan fingerprint density at radius 2 is 2.05 bits per heavy atom. The maximum Gasteiger partial charge on any atom is 0.276 e. The van der Waals surface area contributed by atoms with E-state index in [1.807, 2.05) is 0 Å². The van der Waals surface area contributed by atoms with Gasteiger partial charge in [0.2, 0.25) is 0 Å². The first-order valence-electron chi connectivity index (χ1n) is 5.90. The van der Waals surface area contributed by atoms with Gasteiger partial charge in [-0.25, -0.2) is 0 Å². The Bertz CT molecular complexity index is 678. The van der Waals surface area contributed by atoms with Crippen molar-refractivity contribution in [2.24, 2.45) is 0 Å². The lowest BCUT2D eigenvalue weighted by Gasteiger charge is -2.10. The van der Waals surface area contributed by atoms with Crippen LogP contribution in [0.1, 0.15) is 5.56 Å². The molecular formula is C14H11BrClNO4. The van der Waals surface area contributed by atoms with Gasteiger partial charge in [-0.2, -0.15) is 0 Å². The van der Waals surface area contributed by atoms with Gasteiger partial charge in [0.25, 0.3) is 5.69 Å². The Balaban J connectivity index is 2.20. The van der Waals surface area contributed by atoms with Gasteiger partial charge in [0, 0.05) is 11.1 Å². The highest BCUT2D eigenvalue weighted by Gasteiger charge is 2.15. The molecule has 0 saturated carbocycles. The van der Waals surface area contributed by atoms with E-state index in [-0.39, 0.29) is 12.3 Å². The van der Waals surface area contributed by atoms with E-state index in [1.165, 1.54) is 18.2 Å². The molecule has 2 rings (SSSR count). The van der Waals surface area contributed by atoms with Crippen LogP contribution in [-0.4, -0.2) is 12.0 Å². The lowest BCUT2D eigenvalue weighted by Crippen LogP contribution is -2.01. The smallest absolute Gasteiger partial charge is 0.276 e. The summed E-state index contributed by atoms with van der Waals surface area (Å²) in [5.74, 6) is 1.24. The zero-order valence-corrected chi connectivity index (χ0v) is 13.3. The summed E-state index contributed by atoms with van der Waals surface area (Å²) in [5, 5.41) is 11.4. The SMILES string of the molecule is COc1ccc(OCc2cc(Cl)ccc2[N+](=O)[O-])c(Br)c1. The molecule has 0 saturated heterocycles. The summed E-state index contributed by atoms with van der Waals surface area (Å²) in [6.07, 6.45) is 0. The summed E-state index contributed by atoms with van der Waals surface area (Å²) in [6, 6.07) is 9.58. The lowest BCUT2D eigenvalue weighted by atomic mass is 10.2. The van der Waals surface area contributed by atoms with E-state index < -0.39 is 4.92 Å². The van der Waals surface area contributed by atoms with E-state index in [0.29, 0.717) is 26.6 Å². The van der Waals surface area contributed by atoms with Crippen molar-refractivity contribution in [3.05, 3.63) is 61.6 Å². The molecule has 0 aliphatic carbocycles. The van der Waals surface area contributed by atoms with E-state index in [1.54, 1.807) is 25.3 Å². The predicted octanol–water partition coefficient (Wildman–Crippen LogP) is 4.60. The van der Waals surface area contributed by atoms with Crippen molar-refractivity contribution in [2.75, 3.05) is 7.11 Å². The fourth-order valence-electron chi connectivity index (χ4n) is 1.73. The van der Waals surface area contributed by atoms with Gasteiger partial charge in [-0.15, -0.1) is 0 Å². The monoisotopic (exact) mass is 371 g/mol. The Morgan fingerprint density at radius 3 is 2.67 bits per heavy atom. The molecule has 7 heteroatoms. The molecule has 110 valence electrons. The van der Waals surface area contributed by atoms with Crippen LogP contribution < -0.4 is 9.47 Å². The summed E-state index contributed by atoms with van der Waals surface area (Å²) in [7, 11) is 1.57. The molecule has 5 nitrogen and oxygen atoms in total. The first-order chi connectivity index (χ1) is 10.0. The highest BCUT2D eigenvalue weighted by atomic mass is 79.9. The standard InChI is InChI=1S/C14H11BrClNO4/c1-20-11-3-5-14(12(15)7-11)21-8-9-6-10(16)2-4-13(9)17(18)19/h2-7H,8H2,1H3. The lowest BCUT2D eigenvalue weighted by molar-refractivity contribution is -0.385. The minimum Gasteiger partial charge on any atom is -0.497 e. The molecule has 0 spiro atoms. The molecule has 0 amide bonds. The van der Waals surface area contributed by atoms with Gasteiger partial charge in [-0.3, -0.25) is 10.1 Å². The largest absolute Gasteiger partial charge is 0.497 e. The summed E-state index contributed by atoms with van der Waals surface area (Å²) in [4.78, 5) is 10.5. The van der Waals surface area contributed by atoms with Crippen LogP contribution in [0.4, 0.5) is 5.69 Å². The van der Waals surface area contributed by atoms with Gasteiger partial charge in [-0.05, 0) is 46.3 Å². The van der Waals surface area contributed by atoms with Crippen molar-refractivity contribution in [1.82, 2.24) is 0 Å². The van der Waals surface area contributed by atoms with Crippen molar-refractivity contribution in [3.8, 4) is 11.5 Å². The molecule has 0 unspecified atom stereocenters. The summed E-state index contributed by atoms with van der Waals surface area (Å²) < 4.78 is 11.4. The van der Waals surface area contributed by atoms with E-state index in [0.717, 1.165) is 0 Å². The number of methoxy groups -OCH3 is 1. The van der Waals surface area contributed by atoms with Crippen molar-refractivity contribution >= 4 is 33.2 Å². The molecule has 0 N–H and O–H groups in total. The summed E-state index contributed by atoms with van der Waals surface area (Å²) in [6.45, 7) is 0.0435. The number of nitro groups is 1. The Labute approximate surface area is 134 Å². The molecular weight excluding hydrogens is 362 g/mol. The number of nitro benzene ring substituents is 1. The van der Waals surface area contributed by atoms with Crippen molar-refractivity contribution in [3.63, 3.8) is 0 Å². The molecule has 0 aromatic heterocycles. The van der Waals surface area contributed by atoms with Gasteiger partial charge in [0.05, 0.1) is 22.1 Å². The van der Waals surface area contributed by atoms with E-state index in [4.69, 9.17) is 21.1 Å². The zero-order valence-electron chi connectivity index (χ0n) is 11.0. The van der Waals surface area contributed by atoms with Crippen LogP contribution in [0.25, 0.3) is 0 Å². The number of ether oxygens (including phenoxy) is 2.